The lowest BCUT2D eigenvalue weighted by molar-refractivity contribution is 0.0956. The van der Waals surface area contributed by atoms with E-state index in [0.717, 1.165) is 5.75 Å². The molecule has 1 aromatic rings. The van der Waals surface area contributed by atoms with Crippen LogP contribution in [0.3, 0.4) is 0 Å². The SMILES string of the molecule is CSCCNC(=O)c1ccc(N)c(Cl)c1. The molecule has 0 bridgehead atoms. The first-order chi connectivity index (χ1) is 7.15. The van der Waals surface area contributed by atoms with Crippen molar-refractivity contribution in [1.29, 1.82) is 0 Å². The van der Waals surface area contributed by atoms with Gasteiger partial charge >= 0.3 is 0 Å². The molecule has 0 saturated carbocycles. The number of hydrogen-bond acceptors (Lipinski definition) is 3. The van der Waals surface area contributed by atoms with Gasteiger partial charge in [0, 0.05) is 17.9 Å². The first-order valence-electron chi connectivity index (χ1n) is 4.47. The summed E-state index contributed by atoms with van der Waals surface area (Å²) in [6, 6.07) is 4.87. The number of halogens is 1. The second-order valence-electron chi connectivity index (χ2n) is 2.98. The zero-order chi connectivity index (χ0) is 11.3. The molecule has 0 radical (unpaired) electrons. The number of nitrogens with one attached hydrogen (secondary N) is 1. The molecule has 15 heavy (non-hydrogen) atoms. The number of benzene rings is 1. The van der Waals surface area contributed by atoms with Crippen LogP contribution in [-0.2, 0) is 0 Å². The highest BCUT2D eigenvalue weighted by Gasteiger charge is 2.06. The first kappa shape index (κ1) is 12.2. The third-order valence-corrected chi connectivity index (χ3v) is 2.79. The summed E-state index contributed by atoms with van der Waals surface area (Å²) in [6.07, 6.45) is 1.99. The van der Waals surface area contributed by atoms with Crippen molar-refractivity contribution in [2.45, 2.75) is 0 Å². The number of thioether (sulfide) groups is 1. The van der Waals surface area contributed by atoms with Gasteiger partial charge in [-0.15, -0.1) is 0 Å². The Bertz CT molecular complexity index is 357. The van der Waals surface area contributed by atoms with Crippen LogP contribution in [0.5, 0.6) is 0 Å². The van der Waals surface area contributed by atoms with Gasteiger partial charge in [-0.05, 0) is 24.5 Å². The Hall–Kier alpha value is -0.870. The molecule has 3 N–H and O–H groups in total. The second-order valence-corrected chi connectivity index (χ2v) is 4.38. The van der Waals surface area contributed by atoms with E-state index in [1.807, 2.05) is 6.26 Å². The van der Waals surface area contributed by atoms with Crippen molar-refractivity contribution in [3.05, 3.63) is 28.8 Å². The minimum Gasteiger partial charge on any atom is -0.398 e. The van der Waals surface area contributed by atoms with Crippen molar-refractivity contribution in [3.8, 4) is 0 Å². The van der Waals surface area contributed by atoms with Crippen LogP contribution >= 0.6 is 23.4 Å². The topological polar surface area (TPSA) is 55.1 Å². The number of carbonyl (C=O) groups is 1. The summed E-state index contributed by atoms with van der Waals surface area (Å²) in [6.45, 7) is 0.655. The van der Waals surface area contributed by atoms with Crippen molar-refractivity contribution in [3.63, 3.8) is 0 Å². The van der Waals surface area contributed by atoms with Gasteiger partial charge in [-0.1, -0.05) is 11.6 Å². The zero-order valence-electron chi connectivity index (χ0n) is 8.42. The van der Waals surface area contributed by atoms with Gasteiger partial charge in [0.2, 0.25) is 0 Å². The molecule has 0 heterocycles. The Labute approximate surface area is 98.4 Å². The highest BCUT2D eigenvalue weighted by Crippen LogP contribution is 2.19. The molecule has 0 aromatic heterocycles. The van der Waals surface area contributed by atoms with Gasteiger partial charge in [0.15, 0.2) is 0 Å². The number of amides is 1. The van der Waals surface area contributed by atoms with Crippen LogP contribution in [0.2, 0.25) is 5.02 Å². The molecular weight excluding hydrogens is 232 g/mol. The van der Waals surface area contributed by atoms with Crippen LogP contribution in [0.25, 0.3) is 0 Å². The number of rotatable bonds is 4. The van der Waals surface area contributed by atoms with Crippen molar-refractivity contribution in [2.24, 2.45) is 0 Å². The van der Waals surface area contributed by atoms with Gasteiger partial charge in [0.05, 0.1) is 10.7 Å². The molecule has 0 aliphatic rings. The van der Waals surface area contributed by atoms with Crippen LogP contribution in [0, 0.1) is 0 Å². The quantitative estimate of drug-likeness (QED) is 0.629. The summed E-state index contributed by atoms with van der Waals surface area (Å²) < 4.78 is 0. The molecule has 0 aliphatic carbocycles. The van der Waals surface area contributed by atoms with E-state index < -0.39 is 0 Å². The summed E-state index contributed by atoms with van der Waals surface area (Å²) in [5, 5.41) is 3.20. The predicted molar refractivity (Wildman–Crippen MR) is 66.6 cm³/mol. The summed E-state index contributed by atoms with van der Waals surface area (Å²) >= 11 is 7.49. The van der Waals surface area contributed by atoms with Crippen LogP contribution in [0.15, 0.2) is 18.2 Å². The predicted octanol–water partition coefficient (Wildman–Crippen LogP) is 2.01. The van der Waals surface area contributed by atoms with E-state index >= 15 is 0 Å². The molecule has 1 amide bonds. The normalized spacial score (nSPS) is 10.0. The van der Waals surface area contributed by atoms with Crippen LogP contribution < -0.4 is 11.1 Å². The molecule has 0 unspecified atom stereocenters. The molecule has 1 rings (SSSR count). The summed E-state index contributed by atoms with van der Waals surface area (Å²) in [5.41, 5.74) is 6.56. The van der Waals surface area contributed by atoms with Gasteiger partial charge in [-0.3, -0.25) is 4.79 Å². The lowest BCUT2D eigenvalue weighted by Gasteiger charge is -2.05. The molecule has 0 aliphatic heterocycles. The number of carbonyl (C=O) groups excluding carboxylic acids is 1. The number of nitrogen functional groups attached to an aromatic ring is 1. The van der Waals surface area contributed by atoms with Crippen molar-refractivity contribution in [1.82, 2.24) is 5.32 Å². The third kappa shape index (κ3) is 3.64. The van der Waals surface area contributed by atoms with Crippen LogP contribution in [-0.4, -0.2) is 24.5 Å². The first-order valence-corrected chi connectivity index (χ1v) is 6.24. The van der Waals surface area contributed by atoms with Crippen molar-refractivity contribution in [2.75, 3.05) is 24.3 Å². The minimum atomic E-state index is -0.119. The fourth-order valence-corrected chi connectivity index (χ4v) is 1.52. The number of nitrogens with two attached hydrogens (primary N) is 1. The molecule has 0 fully saturated rings. The standard InChI is InChI=1S/C10H13ClN2OS/c1-15-5-4-13-10(14)7-2-3-9(12)8(11)6-7/h2-3,6H,4-5,12H2,1H3,(H,13,14). The van der Waals surface area contributed by atoms with Gasteiger partial charge in [-0.25, -0.2) is 0 Å². The molecule has 5 heteroatoms. The van der Waals surface area contributed by atoms with Crippen molar-refractivity contribution >= 4 is 35.0 Å². The Morgan fingerprint density at radius 3 is 2.93 bits per heavy atom. The highest BCUT2D eigenvalue weighted by molar-refractivity contribution is 7.98. The van der Waals surface area contributed by atoms with E-state index in [-0.39, 0.29) is 5.91 Å². The monoisotopic (exact) mass is 244 g/mol. The van der Waals surface area contributed by atoms with E-state index in [9.17, 15) is 4.79 Å². The van der Waals surface area contributed by atoms with Gasteiger partial charge in [0.1, 0.15) is 0 Å². The van der Waals surface area contributed by atoms with Crippen molar-refractivity contribution < 1.29 is 4.79 Å². The van der Waals surface area contributed by atoms with Gasteiger partial charge in [0.25, 0.3) is 5.91 Å². The highest BCUT2D eigenvalue weighted by atomic mass is 35.5. The van der Waals surface area contributed by atoms with E-state index in [2.05, 4.69) is 5.32 Å². The molecule has 1 aromatic carbocycles. The van der Waals surface area contributed by atoms with E-state index in [1.54, 1.807) is 30.0 Å². The number of anilines is 1. The van der Waals surface area contributed by atoms with Gasteiger partial charge in [-0.2, -0.15) is 11.8 Å². The van der Waals surface area contributed by atoms with Gasteiger partial charge < -0.3 is 11.1 Å². The lowest BCUT2D eigenvalue weighted by atomic mass is 10.2. The molecule has 3 nitrogen and oxygen atoms in total. The average molecular weight is 245 g/mol. The largest absolute Gasteiger partial charge is 0.398 e. The Kier molecular flexibility index (Phi) is 4.78. The Morgan fingerprint density at radius 1 is 1.60 bits per heavy atom. The minimum absolute atomic E-state index is 0.119. The zero-order valence-corrected chi connectivity index (χ0v) is 9.99. The maximum atomic E-state index is 11.6. The molecule has 0 saturated heterocycles. The Balaban J connectivity index is 2.62. The van der Waals surface area contributed by atoms with Crippen LogP contribution in [0.4, 0.5) is 5.69 Å². The van der Waals surface area contributed by atoms with Crippen LogP contribution in [0.1, 0.15) is 10.4 Å². The Morgan fingerprint density at radius 2 is 2.33 bits per heavy atom. The lowest BCUT2D eigenvalue weighted by Crippen LogP contribution is -2.25. The average Bonchev–Trinajstić information content (AvgIpc) is 2.22. The molecule has 0 atom stereocenters. The maximum absolute atomic E-state index is 11.6. The molecule has 0 spiro atoms. The molecule has 82 valence electrons. The second kappa shape index (κ2) is 5.88. The third-order valence-electron chi connectivity index (χ3n) is 1.85. The fourth-order valence-electron chi connectivity index (χ4n) is 1.04. The number of hydrogen-bond donors (Lipinski definition) is 2. The van der Waals surface area contributed by atoms with E-state index in [1.165, 1.54) is 0 Å². The van der Waals surface area contributed by atoms with E-state index in [4.69, 9.17) is 17.3 Å². The van der Waals surface area contributed by atoms with E-state index in [0.29, 0.717) is 22.8 Å². The smallest absolute Gasteiger partial charge is 0.251 e. The maximum Gasteiger partial charge on any atom is 0.251 e. The summed E-state index contributed by atoms with van der Waals surface area (Å²) in [7, 11) is 0. The summed E-state index contributed by atoms with van der Waals surface area (Å²) in [5.74, 6) is 0.778. The fraction of sp³-hybridized carbons (Fsp3) is 0.300. The summed E-state index contributed by atoms with van der Waals surface area (Å²) in [4.78, 5) is 11.6. The molecular formula is C10H13ClN2OS.